The van der Waals surface area contributed by atoms with E-state index in [4.69, 9.17) is 36.0 Å². The highest BCUT2D eigenvalue weighted by atomic mass is 35.5. The van der Waals surface area contributed by atoms with Gasteiger partial charge in [0.1, 0.15) is 43.2 Å². The van der Waals surface area contributed by atoms with Crippen LogP contribution in [0.25, 0.3) is 0 Å². The predicted molar refractivity (Wildman–Crippen MR) is 72.3 cm³/mol. The van der Waals surface area contributed by atoms with E-state index in [0.717, 1.165) is 0 Å². The van der Waals surface area contributed by atoms with Crippen LogP contribution in [0.3, 0.4) is 0 Å². The van der Waals surface area contributed by atoms with Gasteiger partial charge in [-0.2, -0.15) is 0 Å². The first-order chi connectivity index (χ1) is 10.7. The summed E-state index contributed by atoms with van der Waals surface area (Å²) in [5.74, 6) is -2.34. The third-order valence-electron chi connectivity index (χ3n) is 3.96. The van der Waals surface area contributed by atoms with Crippen molar-refractivity contribution in [2.24, 2.45) is 0 Å². The van der Waals surface area contributed by atoms with Gasteiger partial charge in [0.15, 0.2) is 6.29 Å². The fraction of sp³-hybridized carbons (Fsp3) is 1.00. The van der Waals surface area contributed by atoms with E-state index in [1.54, 1.807) is 0 Å². The second-order valence-electron chi connectivity index (χ2n) is 5.58. The molecule has 0 unspecified atom stereocenters. The zero-order valence-electron chi connectivity index (χ0n) is 12.0. The Balaban J connectivity index is 1.99. The lowest BCUT2D eigenvalue weighted by molar-refractivity contribution is -0.315. The fourth-order valence-corrected chi connectivity index (χ4v) is 2.80. The Labute approximate surface area is 136 Å². The van der Waals surface area contributed by atoms with Gasteiger partial charge in [-0.05, 0) is 0 Å². The molecule has 2 saturated heterocycles. The average molecular weight is 361 g/mol. The number of hydrogen-bond donors (Lipinski definition) is 7. The molecule has 9 atom stereocenters. The van der Waals surface area contributed by atoms with Crippen molar-refractivity contribution in [2.75, 3.05) is 19.8 Å². The monoisotopic (exact) mass is 360 g/mol. The molecule has 2 aliphatic heterocycles. The minimum atomic E-state index is -2.34. The minimum Gasteiger partial charge on any atom is -0.394 e. The van der Waals surface area contributed by atoms with Gasteiger partial charge in [-0.3, -0.25) is 0 Å². The molecule has 10 nitrogen and oxygen atoms in total. The second-order valence-corrected chi connectivity index (χ2v) is 6.09. The van der Waals surface area contributed by atoms with E-state index in [1.807, 2.05) is 0 Å². The van der Waals surface area contributed by atoms with E-state index < -0.39 is 73.9 Å². The highest BCUT2D eigenvalue weighted by molar-refractivity contribution is 6.21. The summed E-state index contributed by atoms with van der Waals surface area (Å²) < 4.78 is 15.2. The van der Waals surface area contributed by atoms with Crippen LogP contribution < -0.4 is 0 Å². The highest BCUT2D eigenvalue weighted by Gasteiger charge is 2.54. The maximum absolute atomic E-state index is 10.1. The molecule has 0 aliphatic carbocycles. The van der Waals surface area contributed by atoms with E-state index in [2.05, 4.69) is 0 Å². The molecule has 2 rings (SSSR count). The van der Waals surface area contributed by atoms with Crippen molar-refractivity contribution in [3.05, 3.63) is 0 Å². The van der Waals surface area contributed by atoms with Gasteiger partial charge in [0.05, 0.1) is 18.6 Å². The number of ether oxygens (including phenoxy) is 3. The molecule has 136 valence electrons. The van der Waals surface area contributed by atoms with Gasteiger partial charge in [-0.25, -0.2) is 0 Å². The van der Waals surface area contributed by atoms with Crippen molar-refractivity contribution in [1.82, 2.24) is 0 Å². The molecule has 2 fully saturated rings. The maximum Gasteiger partial charge on any atom is 0.219 e. The standard InChI is InChI=1S/C12H21ClO10/c13-6-4(1-14)22-11(9(18)8(6)17)21-3-12(20)10(19)7(16)5(2-15)23-12/h4-11,14-20H,1-3H2/t4-,5-,6+,7-,8+,9-,10+,11+,12+/m1/s1. The molecule has 11 heteroatoms. The van der Waals surface area contributed by atoms with Crippen LogP contribution in [0.15, 0.2) is 0 Å². The molecule has 23 heavy (non-hydrogen) atoms. The van der Waals surface area contributed by atoms with Crippen molar-refractivity contribution in [3.8, 4) is 0 Å². The number of rotatable bonds is 5. The molecule has 0 aromatic heterocycles. The van der Waals surface area contributed by atoms with Crippen LogP contribution >= 0.6 is 11.6 Å². The third-order valence-corrected chi connectivity index (χ3v) is 4.49. The van der Waals surface area contributed by atoms with Crippen LogP contribution in [0.5, 0.6) is 0 Å². The lowest BCUT2D eigenvalue weighted by Gasteiger charge is -2.40. The van der Waals surface area contributed by atoms with Crippen LogP contribution in [-0.4, -0.2) is 110 Å². The normalized spacial score (nSPS) is 51.1. The number of hydrogen-bond acceptors (Lipinski definition) is 10. The van der Waals surface area contributed by atoms with E-state index in [-0.39, 0.29) is 0 Å². The molecule has 2 aliphatic rings. The summed E-state index contributed by atoms with van der Waals surface area (Å²) in [4.78, 5) is 0. The molecule has 7 N–H and O–H groups in total. The summed E-state index contributed by atoms with van der Waals surface area (Å²) in [5, 5.41) is 66.2. The summed E-state index contributed by atoms with van der Waals surface area (Å²) in [6.07, 6.45) is -10.00. The van der Waals surface area contributed by atoms with Crippen molar-refractivity contribution in [3.63, 3.8) is 0 Å². The summed E-state index contributed by atoms with van der Waals surface area (Å²) in [6, 6.07) is 0. The van der Waals surface area contributed by atoms with Gasteiger partial charge in [0.25, 0.3) is 0 Å². The largest absolute Gasteiger partial charge is 0.394 e. The van der Waals surface area contributed by atoms with E-state index in [1.165, 1.54) is 0 Å². The summed E-state index contributed by atoms with van der Waals surface area (Å²) >= 11 is 5.80. The molecule has 0 aromatic rings. The SMILES string of the molecule is OC[C@H]1O[C@@](O)(CO[C@H]2O[C@H](CO)[C@H](Cl)[C@H](O)[C@H]2O)[C@@H](O)[C@@H]1O. The Morgan fingerprint density at radius 3 is 2.09 bits per heavy atom. The van der Waals surface area contributed by atoms with E-state index in [0.29, 0.717) is 0 Å². The van der Waals surface area contributed by atoms with Crippen LogP contribution in [0.2, 0.25) is 0 Å². The van der Waals surface area contributed by atoms with Crippen molar-refractivity contribution in [2.45, 2.75) is 54.1 Å². The smallest absolute Gasteiger partial charge is 0.219 e. The first-order valence-electron chi connectivity index (χ1n) is 7.00. The first-order valence-corrected chi connectivity index (χ1v) is 7.44. The van der Waals surface area contributed by atoms with Crippen molar-refractivity contribution >= 4 is 11.6 Å². The molecule has 0 saturated carbocycles. The number of alkyl halides is 1. The summed E-state index contributed by atoms with van der Waals surface area (Å²) in [6.45, 7) is -1.91. The van der Waals surface area contributed by atoms with Gasteiger partial charge < -0.3 is 50.0 Å². The Kier molecular flexibility index (Phi) is 6.20. The zero-order valence-corrected chi connectivity index (χ0v) is 12.7. The van der Waals surface area contributed by atoms with Crippen LogP contribution in [0.4, 0.5) is 0 Å². The molecule has 0 bridgehead atoms. The van der Waals surface area contributed by atoms with E-state index >= 15 is 0 Å². The molecular weight excluding hydrogens is 340 g/mol. The highest BCUT2D eigenvalue weighted by Crippen LogP contribution is 2.31. The zero-order chi connectivity index (χ0) is 17.4. The van der Waals surface area contributed by atoms with Crippen molar-refractivity contribution < 1.29 is 50.0 Å². The molecule has 0 radical (unpaired) electrons. The van der Waals surface area contributed by atoms with Gasteiger partial charge in [-0.1, -0.05) is 0 Å². The Hall–Kier alpha value is -0.110. The summed E-state index contributed by atoms with van der Waals surface area (Å²) in [5.41, 5.74) is 0. The number of halogens is 1. The molecule has 2 heterocycles. The van der Waals surface area contributed by atoms with Crippen LogP contribution in [0.1, 0.15) is 0 Å². The molecule has 0 amide bonds. The van der Waals surface area contributed by atoms with E-state index in [9.17, 15) is 25.5 Å². The lowest BCUT2D eigenvalue weighted by Crippen LogP contribution is -2.58. The van der Waals surface area contributed by atoms with Gasteiger partial charge in [-0.15, -0.1) is 11.6 Å². The van der Waals surface area contributed by atoms with Crippen molar-refractivity contribution in [1.29, 1.82) is 0 Å². The number of aliphatic hydroxyl groups is 7. The summed E-state index contributed by atoms with van der Waals surface area (Å²) in [7, 11) is 0. The van der Waals surface area contributed by atoms with Gasteiger partial charge in [0.2, 0.25) is 5.79 Å². The quantitative estimate of drug-likeness (QED) is 0.239. The topological polar surface area (TPSA) is 169 Å². The van der Waals surface area contributed by atoms with Crippen LogP contribution in [-0.2, 0) is 14.2 Å². The molecule has 0 aromatic carbocycles. The Morgan fingerprint density at radius 1 is 0.957 bits per heavy atom. The minimum absolute atomic E-state index is 0.535. The van der Waals surface area contributed by atoms with Crippen LogP contribution in [0, 0.1) is 0 Å². The average Bonchev–Trinajstić information content (AvgIpc) is 2.76. The molecular formula is C12H21ClO10. The molecule has 0 spiro atoms. The maximum atomic E-state index is 10.1. The van der Waals surface area contributed by atoms with Gasteiger partial charge >= 0.3 is 0 Å². The first kappa shape index (κ1) is 19.2. The number of aliphatic hydroxyl groups excluding tert-OH is 6. The third kappa shape index (κ3) is 3.62. The lowest BCUT2D eigenvalue weighted by atomic mass is 10.0. The fourth-order valence-electron chi connectivity index (χ4n) is 2.52. The van der Waals surface area contributed by atoms with Gasteiger partial charge in [0, 0.05) is 0 Å². The Bertz CT molecular complexity index is 398. The second kappa shape index (κ2) is 7.42. The Morgan fingerprint density at radius 2 is 1.57 bits per heavy atom. The predicted octanol–water partition coefficient (Wildman–Crippen LogP) is -4.15.